The third kappa shape index (κ3) is 2.10. The van der Waals surface area contributed by atoms with Gasteiger partial charge in [-0.1, -0.05) is 13.3 Å². The zero-order chi connectivity index (χ0) is 11.0. The molecular formula is C11H23NO2. The second-order valence-electron chi connectivity index (χ2n) is 5.42. The van der Waals surface area contributed by atoms with Gasteiger partial charge in [0.05, 0.1) is 12.2 Å². The van der Waals surface area contributed by atoms with Gasteiger partial charge in [-0.05, 0) is 27.2 Å². The first-order chi connectivity index (χ1) is 6.22. The Labute approximate surface area is 86.6 Å². The van der Waals surface area contributed by atoms with Crippen LogP contribution in [0.4, 0.5) is 0 Å². The minimum absolute atomic E-state index is 0.247. The van der Waals surface area contributed by atoms with E-state index in [4.69, 9.17) is 10.5 Å². The summed E-state index contributed by atoms with van der Waals surface area (Å²) in [4.78, 5) is 0. The number of hydrogen-bond donors (Lipinski definition) is 2. The lowest BCUT2D eigenvalue weighted by Gasteiger charge is -2.39. The van der Waals surface area contributed by atoms with Crippen LogP contribution in [-0.4, -0.2) is 28.5 Å². The fourth-order valence-electron chi connectivity index (χ4n) is 2.24. The molecule has 3 nitrogen and oxygen atoms in total. The smallest absolute Gasteiger partial charge is 0.108 e. The number of aliphatic hydroxyl groups is 1. The first-order valence-corrected chi connectivity index (χ1v) is 5.38. The molecule has 1 aliphatic rings. The summed E-state index contributed by atoms with van der Waals surface area (Å²) >= 11 is 0. The number of hydrogen-bond acceptors (Lipinski definition) is 3. The normalized spacial score (nSPS) is 35.6. The van der Waals surface area contributed by atoms with Crippen LogP contribution in [0.2, 0.25) is 0 Å². The van der Waals surface area contributed by atoms with E-state index in [9.17, 15) is 5.11 Å². The quantitative estimate of drug-likeness (QED) is 0.726. The minimum Gasteiger partial charge on any atom is -0.385 e. The van der Waals surface area contributed by atoms with Crippen molar-refractivity contribution >= 4 is 0 Å². The Morgan fingerprint density at radius 1 is 1.50 bits per heavy atom. The number of rotatable bonds is 3. The van der Waals surface area contributed by atoms with Gasteiger partial charge in [0.15, 0.2) is 0 Å². The van der Waals surface area contributed by atoms with Gasteiger partial charge in [0.25, 0.3) is 0 Å². The molecule has 1 rings (SSSR count). The Bertz CT molecular complexity index is 213. The fourth-order valence-corrected chi connectivity index (χ4v) is 2.24. The molecule has 0 saturated carbocycles. The zero-order valence-electron chi connectivity index (χ0n) is 9.76. The van der Waals surface area contributed by atoms with Gasteiger partial charge in [-0.25, -0.2) is 0 Å². The Balaban J connectivity index is 2.76. The maximum absolute atomic E-state index is 10.4. The summed E-state index contributed by atoms with van der Waals surface area (Å²) in [6.07, 6.45) is 2.42. The van der Waals surface area contributed by atoms with Crippen molar-refractivity contribution in [1.29, 1.82) is 0 Å². The zero-order valence-corrected chi connectivity index (χ0v) is 9.76. The van der Waals surface area contributed by atoms with Crippen molar-refractivity contribution in [1.82, 2.24) is 0 Å². The van der Waals surface area contributed by atoms with E-state index >= 15 is 0 Å². The highest BCUT2D eigenvalue weighted by atomic mass is 16.5. The molecule has 0 aromatic heterocycles. The van der Waals surface area contributed by atoms with E-state index in [1.165, 1.54) is 0 Å². The van der Waals surface area contributed by atoms with Gasteiger partial charge in [-0.15, -0.1) is 0 Å². The van der Waals surface area contributed by atoms with Crippen LogP contribution < -0.4 is 5.73 Å². The first-order valence-electron chi connectivity index (χ1n) is 5.38. The highest BCUT2D eigenvalue weighted by Crippen LogP contribution is 2.39. The summed E-state index contributed by atoms with van der Waals surface area (Å²) in [6, 6.07) is 0. The molecule has 1 aliphatic heterocycles. The van der Waals surface area contributed by atoms with E-state index in [0.29, 0.717) is 13.0 Å². The van der Waals surface area contributed by atoms with Gasteiger partial charge in [0.2, 0.25) is 0 Å². The molecule has 0 radical (unpaired) electrons. The van der Waals surface area contributed by atoms with Crippen LogP contribution in [0.1, 0.15) is 47.0 Å². The summed E-state index contributed by atoms with van der Waals surface area (Å²) in [6.45, 7) is 8.34. The van der Waals surface area contributed by atoms with E-state index in [1.807, 2.05) is 20.8 Å². The molecule has 1 fully saturated rings. The molecule has 3 N–H and O–H groups in total. The molecule has 0 spiro atoms. The topological polar surface area (TPSA) is 55.5 Å². The summed E-state index contributed by atoms with van der Waals surface area (Å²) in [5, 5.41) is 10.4. The van der Waals surface area contributed by atoms with Gasteiger partial charge in [-0.2, -0.15) is 0 Å². The molecule has 0 amide bonds. The van der Waals surface area contributed by atoms with Crippen molar-refractivity contribution in [3.63, 3.8) is 0 Å². The molecule has 1 heterocycles. The molecule has 14 heavy (non-hydrogen) atoms. The van der Waals surface area contributed by atoms with Gasteiger partial charge >= 0.3 is 0 Å². The SMILES string of the molecule is CCCC(C)(N)C1(O)COC(C)(C)C1. The van der Waals surface area contributed by atoms with Gasteiger partial charge in [0, 0.05) is 12.0 Å². The minimum atomic E-state index is -0.869. The van der Waals surface area contributed by atoms with Crippen LogP contribution in [0.3, 0.4) is 0 Å². The molecule has 84 valence electrons. The van der Waals surface area contributed by atoms with Crippen molar-refractivity contribution in [2.45, 2.75) is 63.7 Å². The summed E-state index contributed by atoms with van der Waals surface area (Å²) < 4.78 is 5.56. The summed E-state index contributed by atoms with van der Waals surface area (Å²) in [5.41, 5.74) is 4.50. The largest absolute Gasteiger partial charge is 0.385 e. The third-order valence-corrected chi connectivity index (χ3v) is 3.25. The highest BCUT2D eigenvalue weighted by Gasteiger charge is 2.52. The van der Waals surface area contributed by atoms with Gasteiger partial charge < -0.3 is 15.6 Å². The molecule has 3 heteroatoms. The maximum Gasteiger partial charge on any atom is 0.108 e. The lowest BCUT2D eigenvalue weighted by atomic mass is 9.75. The Kier molecular flexibility index (Phi) is 2.96. The third-order valence-electron chi connectivity index (χ3n) is 3.25. The predicted octanol–water partition coefficient (Wildman–Crippen LogP) is 1.43. The molecule has 0 aromatic carbocycles. The standard InChI is InChI=1S/C11H23NO2/c1-5-6-10(4,12)11(13)7-9(2,3)14-8-11/h13H,5-8,12H2,1-4H3. The fraction of sp³-hybridized carbons (Fsp3) is 1.00. The van der Waals surface area contributed by atoms with Gasteiger partial charge in [0.1, 0.15) is 5.60 Å². The molecule has 0 aliphatic carbocycles. The number of ether oxygens (including phenoxy) is 1. The van der Waals surface area contributed by atoms with Crippen LogP contribution in [0.25, 0.3) is 0 Å². The Morgan fingerprint density at radius 3 is 2.43 bits per heavy atom. The first kappa shape index (κ1) is 12.0. The second-order valence-corrected chi connectivity index (χ2v) is 5.42. The molecule has 2 atom stereocenters. The van der Waals surface area contributed by atoms with Crippen LogP contribution in [0, 0.1) is 0 Å². The number of nitrogens with two attached hydrogens (primary N) is 1. The average Bonchev–Trinajstić information content (AvgIpc) is 2.27. The van der Waals surface area contributed by atoms with E-state index in [0.717, 1.165) is 12.8 Å². The predicted molar refractivity (Wildman–Crippen MR) is 57.1 cm³/mol. The van der Waals surface area contributed by atoms with Crippen LogP contribution in [0.5, 0.6) is 0 Å². The highest BCUT2D eigenvalue weighted by molar-refractivity contribution is 5.06. The van der Waals surface area contributed by atoms with Crippen LogP contribution >= 0.6 is 0 Å². The van der Waals surface area contributed by atoms with Gasteiger partial charge in [-0.3, -0.25) is 0 Å². The van der Waals surface area contributed by atoms with Crippen LogP contribution in [0.15, 0.2) is 0 Å². The van der Waals surface area contributed by atoms with Crippen LogP contribution in [-0.2, 0) is 4.74 Å². The van der Waals surface area contributed by atoms with Crippen molar-refractivity contribution in [3.8, 4) is 0 Å². The monoisotopic (exact) mass is 201 g/mol. The summed E-state index contributed by atoms with van der Waals surface area (Å²) in [5.74, 6) is 0. The Morgan fingerprint density at radius 2 is 2.07 bits per heavy atom. The molecule has 2 unspecified atom stereocenters. The second kappa shape index (κ2) is 3.47. The van der Waals surface area contributed by atoms with Crippen molar-refractivity contribution in [2.24, 2.45) is 5.73 Å². The molecular weight excluding hydrogens is 178 g/mol. The van der Waals surface area contributed by atoms with E-state index < -0.39 is 11.1 Å². The lowest BCUT2D eigenvalue weighted by Crippen LogP contribution is -2.59. The van der Waals surface area contributed by atoms with Crippen molar-refractivity contribution in [2.75, 3.05) is 6.61 Å². The molecule has 0 aromatic rings. The average molecular weight is 201 g/mol. The molecule has 0 bridgehead atoms. The van der Waals surface area contributed by atoms with E-state index in [2.05, 4.69) is 6.92 Å². The van der Waals surface area contributed by atoms with E-state index in [-0.39, 0.29) is 5.60 Å². The maximum atomic E-state index is 10.4. The van der Waals surface area contributed by atoms with Crippen molar-refractivity contribution < 1.29 is 9.84 Å². The molecule has 1 saturated heterocycles. The lowest BCUT2D eigenvalue weighted by molar-refractivity contribution is -0.0409. The Hall–Kier alpha value is -0.120. The summed E-state index contributed by atoms with van der Waals surface area (Å²) in [7, 11) is 0. The van der Waals surface area contributed by atoms with Crippen molar-refractivity contribution in [3.05, 3.63) is 0 Å². The van der Waals surface area contributed by atoms with E-state index in [1.54, 1.807) is 0 Å².